The number of carbonyl (C=O) groups is 1. The molecule has 28 heavy (non-hydrogen) atoms. The van der Waals surface area contributed by atoms with Crippen LogP contribution in [0.1, 0.15) is 48.2 Å². The maximum atomic E-state index is 12.9. The van der Waals surface area contributed by atoms with Gasteiger partial charge in [-0.2, -0.15) is 13.2 Å². The highest BCUT2D eigenvalue weighted by molar-refractivity contribution is 6.34. The minimum atomic E-state index is -4.60. The highest BCUT2D eigenvalue weighted by Crippen LogP contribution is 2.36. The summed E-state index contributed by atoms with van der Waals surface area (Å²) in [4.78, 5) is 14.7. The average molecular weight is 411 g/mol. The highest BCUT2D eigenvalue weighted by Gasteiger charge is 2.34. The Morgan fingerprint density at radius 2 is 1.86 bits per heavy atom. The van der Waals surface area contributed by atoms with Gasteiger partial charge in [-0.15, -0.1) is 0 Å². The molecule has 1 saturated heterocycles. The van der Waals surface area contributed by atoms with Crippen LogP contribution in [-0.4, -0.2) is 18.0 Å². The maximum Gasteiger partial charge on any atom is 0.417 e. The number of benzene rings is 2. The number of anilines is 1. The number of rotatable bonds is 4. The molecule has 0 spiro atoms. The van der Waals surface area contributed by atoms with Crippen molar-refractivity contribution in [2.24, 2.45) is 0 Å². The number of amides is 1. The zero-order chi connectivity index (χ0) is 20.5. The van der Waals surface area contributed by atoms with E-state index in [1.54, 1.807) is 0 Å². The SMILES string of the molecule is CC1(C)CCCN1c1ccc(CNC(=O)c2cccc(C(F)(F)F)c2Cl)cc1. The Morgan fingerprint density at radius 1 is 1.18 bits per heavy atom. The molecule has 1 fully saturated rings. The molecule has 2 aromatic carbocycles. The molecule has 3 rings (SSSR count). The molecule has 0 unspecified atom stereocenters. The molecule has 3 nitrogen and oxygen atoms in total. The van der Waals surface area contributed by atoms with Crippen LogP contribution in [0.3, 0.4) is 0 Å². The third kappa shape index (κ3) is 4.27. The average Bonchev–Trinajstić information content (AvgIpc) is 2.98. The molecular formula is C21H22ClF3N2O. The van der Waals surface area contributed by atoms with Crippen LogP contribution in [0.5, 0.6) is 0 Å². The zero-order valence-corrected chi connectivity index (χ0v) is 16.5. The summed E-state index contributed by atoms with van der Waals surface area (Å²) in [6.07, 6.45) is -2.31. The Hall–Kier alpha value is -2.21. The van der Waals surface area contributed by atoms with Crippen molar-refractivity contribution in [1.82, 2.24) is 5.32 Å². The van der Waals surface area contributed by atoms with E-state index in [9.17, 15) is 18.0 Å². The van der Waals surface area contributed by atoms with Gasteiger partial charge in [0.2, 0.25) is 0 Å². The van der Waals surface area contributed by atoms with E-state index in [1.807, 2.05) is 24.3 Å². The lowest BCUT2D eigenvalue weighted by atomic mass is 10.0. The second-order valence-electron chi connectivity index (χ2n) is 7.58. The van der Waals surface area contributed by atoms with E-state index < -0.39 is 22.7 Å². The fraction of sp³-hybridized carbons (Fsp3) is 0.381. The van der Waals surface area contributed by atoms with Gasteiger partial charge < -0.3 is 10.2 Å². The van der Waals surface area contributed by atoms with Gasteiger partial charge in [0.1, 0.15) is 0 Å². The van der Waals surface area contributed by atoms with Gasteiger partial charge in [0.15, 0.2) is 0 Å². The van der Waals surface area contributed by atoms with Crippen molar-refractivity contribution in [3.05, 3.63) is 64.2 Å². The van der Waals surface area contributed by atoms with Crippen LogP contribution >= 0.6 is 11.6 Å². The molecule has 1 heterocycles. The number of nitrogens with zero attached hydrogens (tertiary/aromatic N) is 1. The van der Waals surface area contributed by atoms with Crippen molar-refractivity contribution >= 4 is 23.2 Å². The van der Waals surface area contributed by atoms with Crippen molar-refractivity contribution in [3.8, 4) is 0 Å². The minimum Gasteiger partial charge on any atom is -0.366 e. The molecule has 1 aliphatic rings. The lowest BCUT2D eigenvalue weighted by molar-refractivity contribution is -0.137. The number of hydrogen-bond acceptors (Lipinski definition) is 2. The first-order chi connectivity index (χ1) is 13.1. The van der Waals surface area contributed by atoms with E-state index in [-0.39, 0.29) is 17.6 Å². The van der Waals surface area contributed by atoms with Crippen LogP contribution in [0.25, 0.3) is 0 Å². The van der Waals surface area contributed by atoms with E-state index in [4.69, 9.17) is 11.6 Å². The summed E-state index contributed by atoms with van der Waals surface area (Å²) in [7, 11) is 0. The highest BCUT2D eigenvalue weighted by atomic mass is 35.5. The minimum absolute atomic E-state index is 0.121. The van der Waals surface area contributed by atoms with Crippen LogP contribution in [0.15, 0.2) is 42.5 Å². The van der Waals surface area contributed by atoms with E-state index in [0.29, 0.717) is 0 Å². The van der Waals surface area contributed by atoms with Crippen molar-refractivity contribution in [2.45, 2.75) is 44.9 Å². The van der Waals surface area contributed by atoms with Crippen LogP contribution < -0.4 is 10.2 Å². The van der Waals surface area contributed by atoms with Gasteiger partial charge in [-0.25, -0.2) is 0 Å². The summed E-state index contributed by atoms with van der Waals surface area (Å²) in [5, 5.41) is 2.05. The molecule has 0 saturated carbocycles. The summed E-state index contributed by atoms with van der Waals surface area (Å²) >= 11 is 5.80. The van der Waals surface area contributed by atoms with Gasteiger partial charge in [-0.3, -0.25) is 4.79 Å². The van der Waals surface area contributed by atoms with E-state index >= 15 is 0 Å². The standard InChI is InChI=1S/C21H22ClF3N2O/c1-20(2)11-4-12-27(20)15-9-7-14(8-10-15)13-26-19(28)16-5-3-6-17(18(16)22)21(23,24)25/h3,5-10H,4,11-13H2,1-2H3,(H,26,28). The number of halogens is 4. The number of hydrogen-bond donors (Lipinski definition) is 1. The molecule has 7 heteroatoms. The second kappa shape index (κ2) is 7.66. The van der Waals surface area contributed by atoms with E-state index in [1.165, 1.54) is 12.1 Å². The summed E-state index contributed by atoms with van der Waals surface area (Å²) in [6.45, 7) is 5.64. The third-order valence-corrected chi connectivity index (χ3v) is 5.56. The van der Waals surface area contributed by atoms with Crippen LogP contribution in [0.2, 0.25) is 5.02 Å². The smallest absolute Gasteiger partial charge is 0.366 e. The van der Waals surface area contributed by atoms with Gasteiger partial charge in [-0.05, 0) is 56.5 Å². The molecule has 0 aliphatic carbocycles. The lowest BCUT2D eigenvalue weighted by Crippen LogP contribution is -2.38. The Labute approximate surface area is 167 Å². The Morgan fingerprint density at radius 3 is 2.43 bits per heavy atom. The summed E-state index contributed by atoms with van der Waals surface area (Å²) in [5.74, 6) is -0.638. The molecule has 1 amide bonds. The second-order valence-corrected chi connectivity index (χ2v) is 7.96. The van der Waals surface area contributed by atoms with Crippen molar-refractivity contribution in [3.63, 3.8) is 0 Å². The van der Waals surface area contributed by atoms with Gasteiger partial charge >= 0.3 is 6.18 Å². The molecule has 1 aliphatic heterocycles. The van der Waals surface area contributed by atoms with Crippen molar-refractivity contribution in [1.29, 1.82) is 0 Å². The maximum absolute atomic E-state index is 12.9. The zero-order valence-electron chi connectivity index (χ0n) is 15.7. The van der Waals surface area contributed by atoms with Crippen LogP contribution in [0.4, 0.5) is 18.9 Å². The van der Waals surface area contributed by atoms with Gasteiger partial charge in [-0.1, -0.05) is 29.8 Å². The molecule has 0 bridgehead atoms. The van der Waals surface area contributed by atoms with Crippen molar-refractivity contribution < 1.29 is 18.0 Å². The summed E-state index contributed by atoms with van der Waals surface area (Å²) in [5.41, 5.74) is 0.901. The first kappa shape index (κ1) is 20.5. The Balaban J connectivity index is 1.67. The predicted molar refractivity (Wildman–Crippen MR) is 105 cm³/mol. The van der Waals surface area contributed by atoms with Gasteiger partial charge in [0.05, 0.1) is 16.1 Å². The number of alkyl halides is 3. The summed E-state index contributed by atoms with van der Waals surface area (Å²) in [6, 6.07) is 11.2. The Kier molecular flexibility index (Phi) is 5.62. The number of nitrogens with one attached hydrogen (secondary N) is 1. The van der Waals surface area contributed by atoms with E-state index in [0.717, 1.165) is 36.7 Å². The number of carbonyl (C=O) groups excluding carboxylic acids is 1. The Bertz CT molecular complexity index is 863. The van der Waals surface area contributed by atoms with Crippen LogP contribution in [0, 0.1) is 0 Å². The molecule has 0 atom stereocenters. The molecule has 150 valence electrons. The lowest BCUT2D eigenvalue weighted by Gasteiger charge is -2.33. The first-order valence-electron chi connectivity index (χ1n) is 9.10. The fourth-order valence-electron chi connectivity index (χ4n) is 3.58. The molecule has 2 aromatic rings. The largest absolute Gasteiger partial charge is 0.417 e. The first-order valence-corrected chi connectivity index (χ1v) is 9.48. The molecular weight excluding hydrogens is 389 g/mol. The quantitative estimate of drug-likeness (QED) is 0.704. The third-order valence-electron chi connectivity index (χ3n) is 5.15. The van der Waals surface area contributed by atoms with Gasteiger partial charge in [0.25, 0.3) is 5.91 Å². The predicted octanol–water partition coefficient (Wildman–Crippen LogP) is 5.67. The molecule has 0 radical (unpaired) electrons. The molecule has 1 N–H and O–H groups in total. The van der Waals surface area contributed by atoms with E-state index in [2.05, 4.69) is 24.1 Å². The van der Waals surface area contributed by atoms with Crippen molar-refractivity contribution in [2.75, 3.05) is 11.4 Å². The normalized spacial score (nSPS) is 16.3. The molecule has 0 aromatic heterocycles. The van der Waals surface area contributed by atoms with Crippen LogP contribution in [-0.2, 0) is 12.7 Å². The monoisotopic (exact) mass is 410 g/mol. The topological polar surface area (TPSA) is 32.3 Å². The fourth-order valence-corrected chi connectivity index (χ4v) is 3.90. The van der Waals surface area contributed by atoms with Gasteiger partial charge in [0, 0.05) is 24.3 Å². The summed E-state index contributed by atoms with van der Waals surface area (Å²) < 4.78 is 38.8.